The van der Waals surface area contributed by atoms with E-state index in [9.17, 15) is 0 Å². The molecule has 14 heavy (non-hydrogen) atoms. The van der Waals surface area contributed by atoms with Gasteiger partial charge in [0.25, 0.3) is 0 Å². The van der Waals surface area contributed by atoms with E-state index in [1.54, 1.807) is 11.3 Å². The van der Waals surface area contributed by atoms with Gasteiger partial charge in [0.15, 0.2) is 0 Å². The van der Waals surface area contributed by atoms with Crippen LogP contribution in [0.4, 0.5) is 0 Å². The van der Waals surface area contributed by atoms with Crippen molar-refractivity contribution >= 4 is 27.3 Å². The summed E-state index contributed by atoms with van der Waals surface area (Å²) in [6.45, 7) is 0.880. The van der Waals surface area contributed by atoms with Gasteiger partial charge in [0.1, 0.15) is 5.01 Å². The Morgan fingerprint density at radius 2 is 2.57 bits per heavy atom. The van der Waals surface area contributed by atoms with Crippen LogP contribution in [-0.2, 0) is 6.54 Å². The average Bonchev–Trinajstić information content (AvgIpc) is 2.63. The maximum Gasteiger partial charge on any atom is 0.107 e. The van der Waals surface area contributed by atoms with Gasteiger partial charge in [-0.2, -0.15) is 0 Å². The maximum atomic E-state index is 4.29. The van der Waals surface area contributed by atoms with E-state index in [0.717, 1.165) is 15.3 Å². The summed E-state index contributed by atoms with van der Waals surface area (Å²) in [5.74, 6) is 0. The number of thiazole rings is 1. The first-order valence-electron chi connectivity index (χ1n) is 4.85. The summed E-state index contributed by atoms with van der Waals surface area (Å²) in [6.07, 6.45) is 10.2. The predicted molar refractivity (Wildman–Crippen MR) is 63.4 cm³/mol. The van der Waals surface area contributed by atoms with Gasteiger partial charge < -0.3 is 5.32 Å². The van der Waals surface area contributed by atoms with Gasteiger partial charge in [-0.05, 0) is 35.2 Å². The summed E-state index contributed by atoms with van der Waals surface area (Å²) in [5.41, 5.74) is 0. The fourth-order valence-electron chi connectivity index (χ4n) is 1.57. The second kappa shape index (κ2) is 5.05. The lowest BCUT2D eigenvalue weighted by atomic mass is 10.0. The van der Waals surface area contributed by atoms with E-state index in [1.165, 1.54) is 19.3 Å². The van der Waals surface area contributed by atoms with Crippen LogP contribution in [0.2, 0.25) is 0 Å². The molecular formula is C10H13BrN2S. The number of aromatic nitrogens is 1. The van der Waals surface area contributed by atoms with Gasteiger partial charge in [-0.15, -0.1) is 11.3 Å². The van der Waals surface area contributed by atoms with Gasteiger partial charge in [0.05, 0.1) is 9.98 Å². The molecule has 2 rings (SSSR count). The van der Waals surface area contributed by atoms with Crippen LogP contribution in [0.5, 0.6) is 0 Å². The minimum absolute atomic E-state index is 0.548. The highest BCUT2D eigenvalue weighted by atomic mass is 79.9. The van der Waals surface area contributed by atoms with Crippen molar-refractivity contribution in [3.63, 3.8) is 0 Å². The molecule has 1 aliphatic carbocycles. The quantitative estimate of drug-likeness (QED) is 0.856. The zero-order chi connectivity index (χ0) is 9.80. The first kappa shape index (κ1) is 10.3. The van der Waals surface area contributed by atoms with Crippen LogP contribution in [-0.4, -0.2) is 11.0 Å². The monoisotopic (exact) mass is 272 g/mol. The topological polar surface area (TPSA) is 24.9 Å². The lowest BCUT2D eigenvalue weighted by Crippen LogP contribution is -2.27. The highest BCUT2D eigenvalue weighted by molar-refractivity contribution is 9.11. The molecular weight excluding hydrogens is 260 g/mol. The molecule has 0 spiro atoms. The molecule has 1 atom stereocenters. The third kappa shape index (κ3) is 2.90. The summed E-state index contributed by atoms with van der Waals surface area (Å²) in [6, 6.07) is 0.548. The second-order valence-electron chi connectivity index (χ2n) is 3.40. The number of rotatable bonds is 3. The standard InChI is InChI=1S/C10H13BrN2S/c11-9-6-13-10(14-9)7-12-8-4-2-1-3-5-8/h2,4,6,8,12H,1,3,5,7H2. The Morgan fingerprint density at radius 1 is 1.64 bits per heavy atom. The molecule has 0 saturated carbocycles. The van der Waals surface area contributed by atoms with Crippen molar-refractivity contribution in [1.29, 1.82) is 0 Å². The van der Waals surface area contributed by atoms with E-state index in [0.29, 0.717) is 6.04 Å². The number of halogens is 1. The third-order valence-corrected chi connectivity index (χ3v) is 3.77. The van der Waals surface area contributed by atoms with E-state index in [1.807, 2.05) is 6.20 Å². The minimum Gasteiger partial charge on any atom is -0.304 e. The van der Waals surface area contributed by atoms with E-state index in [4.69, 9.17) is 0 Å². The van der Waals surface area contributed by atoms with Crippen molar-refractivity contribution in [2.75, 3.05) is 0 Å². The molecule has 1 aromatic heterocycles. The van der Waals surface area contributed by atoms with Crippen LogP contribution in [0.3, 0.4) is 0 Å². The first-order chi connectivity index (χ1) is 6.84. The van der Waals surface area contributed by atoms with Gasteiger partial charge >= 0.3 is 0 Å². The van der Waals surface area contributed by atoms with Crippen LogP contribution in [0.1, 0.15) is 24.3 Å². The summed E-state index contributed by atoms with van der Waals surface area (Å²) in [5, 5.41) is 4.64. The predicted octanol–water partition coefficient (Wildman–Crippen LogP) is 3.10. The van der Waals surface area contributed by atoms with Gasteiger partial charge in [-0.25, -0.2) is 4.98 Å². The summed E-state index contributed by atoms with van der Waals surface area (Å²) in [7, 11) is 0. The molecule has 0 bridgehead atoms. The average molecular weight is 273 g/mol. The number of hydrogen-bond donors (Lipinski definition) is 1. The smallest absolute Gasteiger partial charge is 0.107 e. The van der Waals surface area contributed by atoms with Crippen molar-refractivity contribution in [1.82, 2.24) is 10.3 Å². The van der Waals surface area contributed by atoms with Crippen LogP contribution < -0.4 is 5.32 Å². The van der Waals surface area contributed by atoms with Crippen molar-refractivity contribution in [2.45, 2.75) is 31.8 Å². The Labute approximate surface area is 96.6 Å². The molecule has 4 heteroatoms. The first-order valence-corrected chi connectivity index (χ1v) is 6.46. The number of allylic oxidation sites excluding steroid dienone is 1. The maximum absolute atomic E-state index is 4.29. The fourth-order valence-corrected chi connectivity index (χ4v) is 2.82. The van der Waals surface area contributed by atoms with E-state index < -0.39 is 0 Å². The molecule has 1 aliphatic rings. The molecule has 1 heterocycles. The van der Waals surface area contributed by atoms with Crippen LogP contribution in [0, 0.1) is 0 Å². The molecule has 1 aromatic rings. The zero-order valence-corrected chi connectivity index (χ0v) is 10.3. The molecule has 76 valence electrons. The van der Waals surface area contributed by atoms with Crippen molar-refractivity contribution < 1.29 is 0 Å². The number of hydrogen-bond acceptors (Lipinski definition) is 3. The van der Waals surface area contributed by atoms with E-state index in [2.05, 4.69) is 38.4 Å². The summed E-state index contributed by atoms with van der Waals surface area (Å²) in [4.78, 5) is 4.29. The molecule has 0 aliphatic heterocycles. The lowest BCUT2D eigenvalue weighted by molar-refractivity contribution is 0.521. The van der Waals surface area contributed by atoms with Crippen molar-refractivity contribution in [2.24, 2.45) is 0 Å². The van der Waals surface area contributed by atoms with Crippen LogP contribution >= 0.6 is 27.3 Å². The number of nitrogens with zero attached hydrogens (tertiary/aromatic N) is 1. The van der Waals surface area contributed by atoms with Crippen LogP contribution in [0.25, 0.3) is 0 Å². The zero-order valence-electron chi connectivity index (χ0n) is 7.87. The Bertz CT molecular complexity index is 322. The SMILES string of the molecule is Brc1cnc(CNC2C=CCCC2)s1. The van der Waals surface area contributed by atoms with E-state index in [-0.39, 0.29) is 0 Å². The normalized spacial score (nSPS) is 21.4. The second-order valence-corrected chi connectivity index (χ2v) is 5.90. The summed E-state index contributed by atoms with van der Waals surface area (Å²) >= 11 is 5.11. The Hall–Kier alpha value is -0.190. The highest BCUT2D eigenvalue weighted by Gasteiger charge is 2.08. The fraction of sp³-hybridized carbons (Fsp3) is 0.500. The lowest BCUT2D eigenvalue weighted by Gasteiger charge is -2.16. The molecule has 2 nitrogen and oxygen atoms in total. The molecule has 0 amide bonds. The highest BCUT2D eigenvalue weighted by Crippen LogP contribution is 2.19. The Morgan fingerprint density at radius 3 is 3.21 bits per heavy atom. The van der Waals surface area contributed by atoms with Crippen molar-refractivity contribution in [3.8, 4) is 0 Å². The molecule has 0 saturated heterocycles. The number of nitrogens with one attached hydrogen (secondary N) is 1. The van der Waals surface area contributed by atoms with Gasteiger partial charge in [-0.3, -0.25) is 0 Å². The molecule has 0 fully saturated rings. The Kier molecular flexibility index (Phi) is 3.73. The van der Waals surface area contributed by atoms with Crippen LogP contribution in [0.15, 0.2) is 22.1 Å². The minimum atomic E-state index is 0.548. The van der Waals surface area contributed by atoms with Crippen molar-refractivity contribution in [3.05, 3.63) is 27.1 Å². The largest absolute Gasteiger partial charge is 0.304 e. The van der Waals surface area contributed by atoms with Gasteiger partial charge in [0.2, 0.25) is 0 Å². The third-order valence-electron chi connectivity index (χ3n) is 2.30. The molecule has 0 aromatic carbocycles. The summed E-state index contributed by atoms with van der Waals surface area (Å²) < 4.78 is 1.11. The van der Waals surface area contributed by atoms with Gasteiger partial charge in [-0.1, -0.05) is 12.2 Å². The molecule has 1 N–H and O–H groups in total. The molecule has 1 unspecified atom stereocenters. The van der Waals surface area contributed by atoms with Gasteiger partial charge in [0, 0.05) is 12.6 Å². The molecule has 0 radical (unpaired) electrons. The van der Waals surface area contributed by atoms with E-state index >= 15 is 0 Å². The Balaban J connectivity index is 1.82.